The minimum Gasteiger partial charge on any atom is -0.354 e. The van der Waals surface area contributed by atoms with Gasteiger partial charge in [-0.15, -0.1) is 0 Å². The van der Waals surface area contributed by atoms with Gasteiger partial charge in [0.2, 0.25) is 11.8 Å². The molecule has 0 saturated heterocycles. The van der Waals surface area contributed by atoms with E-state index < -0.39 is 5.41 Å². The molecule has 0 heterocycles. The van der Waals surface area contributed by atoms with Gasteiger partial charge in [-0.3, -0.25) is 9.59 Å². The Kier molecular flexibility index (Phi) is 5.78. The fourth-order valence-corrected chi connectivity index (χ4v) is 1.94. The van der Waals surface area contributed by atoms with Crippen LogP contribution in [0.5, 0.6) is 0 Å². The molecular weight excluding hydrogens is 288 g/mol. The second-order valence-electron chi connectivity index (χ2n) is 6.11. The molecule has 4 nitrogen and oxygen atoms in total. The zero-order valence-corrected chi connectivity index (χ0v) is 14.0. The van der Waals surface area contributed by atoms with Crippen LogP contribution in [0.15, 0.2) is 18.2 Å². The zero-order chi connectivity index (χ0) is 16.2. The summed E-state index contributed by atoms with van der Waals surface area (Å²) in [5, 5.41) is 3.46. The van der Waals surface area contributed by atoms with Crippen molar-refractivity contribution in [3.63, 3.8) is 0 Å². The van der Waals surface area contributed by atoms with Gasteiger partial charge in [-0.25, -0.2) is 0 Å². The Bertz CT molecular complexity index is 536. The van der Waals surface area contributed by atoms with E-state index in [0.717, 1.165) is 11.3 Å². The SMILES string of the molecule is CC(=O)N(CCNC(=O)C(C)(C)C)c1ccc(C)c(Cl)c1. The first-order valence-corrected chi connectivity index (χ1v) is 7.33. The van der Waals surface area contributed by atoms with Crippen molar-refractivity contribution in [2.75, 3.05) is 18.0 Å². The third-order valence-electron chi connectivity index (χ3n) is 3.15. The van der Waals surface area contributed by atoms with E-state index in [1.165, 1.54) is 6.92 Å². The van der Waals surface area contributed by atoms with Crippen molar-refractivity contribution < 1.29 is 9.59 Å². The van der Waals surface area contributed by atoms with Crippen LogP contribution in [0, 0.1) is 12.3 Å². The highest BCUT2D eigenvalue weighted by atomic mass is 35.5. The smallest absolute Gasteiger partial charge is 0.225 e. The maximum absolute atomic E-state index is 11.8. The molecule has 0 atom stereocenters. The molecule has 0 aliphatic rings. The van der Waals surface area contributed by atoms with Crippen molar-refractivity contribution in [1.82, 2.24) is 5.32 Å². The maximum Gasteiger partial charge on any atom is 0.225 e. The van der Waals surface area contributed by atoms with Gasteiger partial charge in [-0.2, -0.15) is 0 Å². The molecule has 1 aromatic carbocycles. The van der Waals surface area contributed by atoms with E-state index in [2.05, 4.69) is 5.32 Å². The largest absolute Gasteiger partial charge is 0.354 e. The highest BCUT2D eigenvalue weighted by molar-refractivity contribution is 6.31. The maximum atomic E-state index is 11.8. The fourth-order valence-electron chi connectivity index (χ4n) is 1.76. The zero-order valence-electron chi connectivity index (χ0n) is 13.3. The van der Waals surface area contributed by atoms with Crippen LogP contribution in [0.4, 0.5) is 5.69 Å². The average molecular weight is 311 g/mol. The number of halogens is 1. The Morgan fingerprint density at radius 2 is 1.90 bits per heavy atom. The molecule has 21 heavy (non-hydrogen) atoms. The Hall–Kier alpha value is -1.55. The van der Waals surface area contributed by atoms with Crippen molar-refractivity contribution in [3.05, 3.63) is 28.8 Å². The number of carbonyl (C=O) groups is 2. The molecule has 0 spiro atoms. The van der Waals surface area contributed by atoms with Gasteiger partial charge < -0.3 is 10.2 Å². The molecule has 1 aromatic rings. The third-order valence-corrected chi connectivity index (χ3v) is 3.56. The monoisotopic (exact) mass is 310 g/mol. The molecular formula is C16H23ClN2O2. The Balaban J connectivity index is 2.73. The molecule has 0 aliphatic carbocycles. The average Bonchev–Trinajstić information content (AvgIpc) is 2.36. The van der Waals surface area contributed by atoms with Crippen LogP contribution in [0.1, 0.15) is 33.3 Å². The van der Waals surface area contributed by atoms with Gasteiger partial charge in [0.05, 0.1) is 0 Å². The molecule has 0 fully saturated rings. The molecule has 0 aromatic heterocycles. The predicted octanol–water partition coefficient (Wildman–Crippen LogP) is 3.16. The predicted molar refractivity (Wildman–Crippen MR) is 86.7 cm³/mol. The Morgan fingerprint density at radius 3 is 2.38 bits per heavy atom. The van der Waals surface area contributed by atoms with Crippen molar-refractivity contribution in [3.8, 4) is 0 Å². The standard InChI is InChI=1S/C16H23ClN2O2/c1-11-6-7-13(10-14(11)17)19(12(2)20)9-8-18-15(21)16(3,4)5/h6-7,10H,8-9H2,1-5H3,(H,18,21). The number of aryl methyl sites for hydroxylation is 1. The van der Waals surface area contributed by atoms with Gasteiger partial charge in [-0.05, 0) is 24.6 Å². The molecule has 5 heteroatoms. The van der Waals surface area contributed by atoms with Crippen LogP contribution in [-0.4, -0.2) is 24.9 Å². The topological polar surface area (TPSA) is 49.4 Å². The lowest BCUT2D eigenvalue weighted by molar-refractivity contribution is -0.128. The summed E-state index contributed by atoms with van der Waals surface area (Å²) in [4.78, 5) is 25.2. The normalized spacial score (nSPS) is 11.1. The van der Waals surface area contributed by atoms with Crippen molar-refractivity contribution in [2.45, 2.75) is 34.6 Å². The van der Waals surface area contributed by atoms with Gasteiger partial charge in [0.1, 0.15) is 0 Å². The summed E-state index contributed by atoms with van der Waals surface area (Å²) >= 11 is 6.10. The highest BCUT2D eigenvalue weighted by Gasteiger charge is 2.21. The summed E-state index contributed by atoms with van der Waals surface area (Å²) < 4.78 is 0. The number of rotatable bonds is 4. The Morgan fingerprint density at radius 1 is 1.29 bits per heavy atom. The number of benzene rings is 1. The molecule has 0 unspecified atom stereocenters. The minimum absolute atomic E-state index is 0.0343. The van der Waals surface area contributed by atoms with E-state index in [-0.39, 0.29) is 11.8 Å². The first-order chi connectivity index (χ1) is 9.62. The number of carbonyl (C=O) groups excluding carboxylic acids is 2. The number of nitrogens with zero attached hydrogens (tertiary/aromatic N) is 1. The fraction of sp³-hybridized carbons (Fsp3) is 0.500. The lowest BCUT2D eigenvalue weighted by Gasteiger charge is -2.23. The molecule has 0 saturated carbocycles. The van der Waals surface area contributed by atoms with Crippen LogP contribution in [-0.2, 0) is 9.59 Å². The van der Waals surface area contributed by atoms with Gasteiger partial charge in [0.25, 0.3) is 0 Å². The molecule has 2 amide bonds. The van der Waals surface area contributed by atoms with Crippen molar-refractivity contribution >= 4 is 29.1 Å². The third kappa shape index (κ3) is 5.05. The van der Waals surface area contributed by atoms with Gasteiger partial charge in [0.15, 0.2) is 0 Å². The van der Waals surface area contributed by atoms with E-state index in [1.54, 1.807) is 11.0 Å². The van der Waals surface area contributed by atoms with E-state index in [0.29, 0.717) is 18.1 Å². The molecule has 1 rings (SSSR count). The highest BCUT2D eigenvalue weighted by Crippen LogP contribution is 2.23. The minimum atomic E-state index is -0.436. The second kappa shape index (κ2) is 6.94. The second-order valence-corrected chi connectivity index (χ2v) is 6.52. The summed E-state index contributed by atoms with van der Waals surface area (Å²) in [7, 11) is 0. The lowest BCUT2D eigenvalue weighted by Crippen LogP contribution is -2.41. The van der Waals surface area contributed by atoms with E-state index in [9.17, 15) is 9.59 Å². The van der Waals surface area contributed by atoms with Crippen LogP contribution < -0.4 is 10.2 Å². The summed E-state index contributed by atoms with van der Waals surface area (Å²) in [6.07, 6.45) is 0. The first-order valence-electron chi connectivity index (χ1n) is 6.95. The van der Waals surface area contributed by atoms with Crippen LogP contribution >= 0.6 is 11.6 Å². The number of amides is 2. The summed E-state index contributed by atoms with van der Waals surface area (Å²) in [6, 6.07) is 5.50. The number of hydrogen-bond acceptors (Lipinski definition) is 2. The summed E-state index contributed by atoms with van der Waals surface area (Å²) in [6.45, 7) is 9.78. The van der Waals surface area contributed by atoms with Crippen LogP contribution in [0.2, 0.25) is 5.02 Å². The number of anilines is 1. The van der Waals surface area contributed by atoms with Gasteiger partial charge in [-0.1, -0.05) is 38.4 Å². The summed E-state index contributed by atoms with van der Waals surface area (Å²) in [5.74, 6) is -0.118. The Labute approximate surface area is 131 Å². The van der Waals surface area contributed by atoms with Crippen LogP contribution in [0.3, 0.4) is 0 Å². The van der Waals surface area contributed by atoms with E-state index >= 15 is 0 Å². The summed E-state index contributed by atoms with van der Waals surface area (Å²) in [5.41, 5.74) is 1.27. The van der Waals surface area contributed by atoms with Crippen molar-refractivity contribution in [1.29, 1.82) is 0 Å². The van der Waals surface area contributed by atoms with Crippen LogP contribution in [0.25, 0.3) is 0 Å². The lowest BCUT2D eigenvalue weighted by atomic mass is 9.96. The van der Waals surface area contributed by atoms with E-state index in [1.807, 2.05) is 39.8 Å². The van der Waals surface area contributed by atoms with Crippen molar-refractivity contribution in [2.24, 2.45) is 5.41 Å². The quantitative estimate of drug-likeness (QED) is 0.928. The number of hydrogen-bond donors (Lipinski definition) is 1. The number of nitrogens with one attached hydrogen (secondary N) is 1. The first kappa shape index (κ1) is 17.5. The van der Waals surface area contributed by atoms with Gasteiger partial charge in [0, 0.05) is 36.1 Å². The molecule has 0 bridgehead atoms. The molecule has 1 N–H and O–H groups in total. The van der Waals surface area contributed by atoms with E-state index in [4.69, 9.17) is 11.6 Å². The molecule has 116 valence electrons. The molecule has 0 aliphatic heterocycles. The molecule has 0 radical (unpaired) electrons. The van der Waals surface area contributed by atoms with Gasteiger partial charge >= 0.3 is 0 Å².